The van der Waals surface area contributed by atoms with Crippen LogP contribution in [-0.2, 0) is 19.9 Å². The topological polar surface area (TPSA) is 68.0 Å². The van der Waals surface area contributed by atoms with Crippen molar-refractivity contribution in [1.82, 2.24) is 24.1 Å². The summed E-state index contributed by atoms with van der Waals surface area (Å²) in [6, 6.07) is 5.24. The molecule has 1 aliphatic rings. The summed E-state index contributed by atoms with van der Waals surface area (Å²) < 4.78 is 44.5. The number of rotatable bonds is 2. The van der Waals surface area contributed by atoms with Gasteiger partial charge in [0, 0.05) is 30.6 Å². The van der Waals surface area contributed by atoms with E-state index in [9.17, 15) is 18.0 Å². The maximum atomic E-state index is 14.2. The van der Waals surface area contributed by atoms with Gasteiger partial charge in [-0.15, -0.1) is 0 Å². The molecule has 0 spiro atoms. The van der Waals surface area contributed by atoms with Gasteiger partial charge in [0.15, 0.2) is 17.5 Å². The number of halogens is 3. The van der Waals surface area contributed by atoms with Gasteiger partial charge in [-0.1, -0.05) is 0 Å². The molecule has 1 aliphatic carbocycles. The minimum absolute atomic E-state index is 0.179. The number of nitrogens with one attached hydrogen (secondary N) is 1. The normalized spacial score (nSPS) is 16.3. The fourth-order valence-electron chi connectivity index (χ4n) is 4.08. The fourth-order valence-corrected chi connectivity index (χ4v) is 4.08. The Balaban J connectivity index is 1.53. The van der Waals surface area contributed by atoms with Crippen molar-refractivity contribution in [2.24, 2.45) is 7.05 Å². The molecule has 29 heavy (non-hydrogen) atoms. The van der Waals surface area contributed by atoms with Crippen LogP contribution in [0.3, 0.4) is 0 Å². The van der Waals surface area contributed by atoms with Gasteiger partial charge in [-0.05, 0) is 48.9 Å². The van der Waals surface area contributed by atoms with Gasteiger partial charge in [-0.3, -0.25) is 4.57 Å². The van der Waals surface area contributed by atoms with Gasteiger partial charge in [-0.2, -0.15) is 5.10 Å². The minimum atomic E-state index is -1.18. The molecule has 0 radical (unpaired) electrons. The zero-order chi connectivity index (χ0) is 20.3. The predicted molar refractivity (Wildman–Crippen MR) is 99.1 cm³/mol. The van der Waals surface area contributed by atoms with Crippen LogP contribution in [0.15, 0.2) is 35.3 Å². The molecule has 0 saturated heterocycles. The SMILES string of the molecule is Cn1c(-c2ccn3c4c(nc3c2)CC(c2cc(F)c(F)cc2F)CC4)n[nH]c1=O. The van der Waals surface area contributed by atoms with Gasteiger partial charge in [0.05, 0.1) is 5.69 Å². The minimum Gasteiger partial charge on any atom is -0.304 e. The van der Waals surface area contributed by atoms with E-state index in [0.717, 1.165) is 23.0 Å². The zero-order valence-corrected chi connectivity index (χ0v) is 15.4. The lowest BCUT2D eigenvalue weighted by atomic mass is 9.84. The lowest BCUT2D eigenvalue weighted by Crippen LogP contribution is -2.15. The van der Waals surface area contributed by atoms with Gasteiger partial charge in [-0.25, -0.2) is 28.0 Å². The first kappa shape index (κ1) is 17.7. The largest absolute Gasteiger partial charge is 0.343 e. The van der Waals surface area contributed by atoms with Gasteiger partial charge in [0.1, 0.15) is 11.5 Å². The van der Waals surface area contributed by atoms with Crippen molar-refractivity contribution in [3.8, 4) is 11.4 Å². The molecule has 1 N–H and O–H groups in total. The molecule has 5 rings (SSSR count). The molecule has 6 nitrogen and oxygen atoms in total. The molecule has 3 aromatic heterocycles. The smallest absolute Gasteiger partial charge is 0.304 e. The predicted octanol–water partition coefficient (Wildman–Crippen LogP) is 3.11. The molecule has 4 aromatic rings. The number of pyridine rings is 1. The number of fused-ring (bicyclic) bond motifs is 3. The van der Waals surface area contributed by atoms with Crippen LogP contribution in [-0.4, -0.2) is 24.1 Å². The standard InChI is InChI=1S/C20H16F3N5O/c1-27-19(25-26-20(27)29)11-4-5-28-17-3-2-10(6-16(17)24-18(28)7-11)12-8-14(22)15(23)9-13(12)21/h4-5,7-10H,2-3,6H2,1H3,(H,26,29). The highest BCUT2D eigenvalue weighted by Crippen LogP contribution is 2.35. The Morgan fingerprint density at radius 3 is 2.69 bits per heavy atom. The monoisotopic (exact) mass is 399 g/mol. The summed E-state index contributed by atoms with van der Waals surface area (Å²) in [5.74, 6) is -2.73. The molecule has 0 amide bonds. The molecule has 0 fully saturated rings. The van der Waals surface area contributed by atoms with Crippen molar-refractivity contribution in [2.75, 3.05) is 0 Å². The molecule has 9 heteroatoms. The van der Waals surface area contributed by atoms with Crippen molar-refractivity contribution in [3.05, 3.63) is 75.3 Å². The maximum Gasteiger partial charge on any atom is 0.343 e. The molecule has 0 aliphatic heterocycles. The fraction of sp³-hybridized carbons (Fsp3) is 0.250. The third-order valence-electron chi connectivity index (χ3n) is 5.59. The zero-order valence-electron chi connectivity index (χ0n) is 15.4. The van der Waals surface area contributed by atoms with E-state index in [1.165, 1.54) is 4.57 Å². The number of H-pyrrole nitrogens is 1. The first-order valence-electron chi connectivity index (χ1n) is 9.18. The first-order chi connectivity index (χ1) is 13.9. The molecule has 1 atom stereocenters. The lowest BCUT2D eigenvalue weighted by Gasteiger charge is -2.22. The molecule has 3 heterocycles. The summed E-state index contributed by atoms with van der Waals surface area (Å²) in [6.45, 7) is 0. The Hall–Kier alpha value is -3.36. The highest BCUT2D eigenvalue weighted by Gasteiger charge is 2.27. The van der Waals surface area contributed by atoms with E-state index in [1.807, 2.05) is 22.7 Å². The number of nitrogens with zero attached hydrogens (tertiary/aromatic N) is 4. The Kier molecular flexibility index (Phi) is 3.87. The highest BCUT2D eigenvalue weighted by molar-refractivity contribution is 5.62. The summed E-state index contributed by atoms with van der Waals surface area (Å²) in [5.41, 5.74) is 3.12. The van der Waals surface area contributed by atoms with Gasteiger partial charge >= 0.3 is 5.69 Å². The molecule has 148 valence electrons. The van der Waals surface area contributed by atoms with Gasteiger partial charge < -0.3 is 4.40 Å². The van der Waals surface area contributed by atoms with E-state index < -0.39 is 17.5 Å². The number of aromatic amines is 1. The second-order valence-electron chi connectivity index (χ2n) is 7.29. The van der Waals surface area contributed by atoms with Gasteiger partial charge in [0.25, 0.3) is 0 Å². The molecule has 1 unspecified atom stereocenters. The molecule has 1 aromatic carbocycles. The van der Waals surface area contributed by atoms with Crippen LogP contribution in [0.2, 0.25) is 0 Å². The van der Waals surface area contributed by atoms with E-state index in [1.54, 1.807) is 7.05 Å². The lowest BCUT2D eigenvalue weighted by molar-refractivity contribution is 0.473. The van der Waals surface area contributed by atoms with Crippen LogP contribution in [0.4, 0.5) is 13.2 Å². The average Bonchev–Trinajstić information content (AvgIpc) is 3.23. The number of aryl methyl sites for hydroxylation is 1. The number of imidazole rings is 1. The highest BCUT2D eigenvalue weighted by atomic mass is 19.2. The molecular weight excluding hydrogens is 383 g/mol. The quantitative estimate of drug-likeness (QED) is 0.527. The summed E-state index contributed by atoms with van der Waals surface area (Å²) in [7, 11) is 1.63. The Bertz CT molecular complexity index is 1320. The maximum absolute atomic E-state index is 14.2. The Labute approximate surface area is 162 Å². The van der Waals surface area contributed by atoms with Crippen molar-refractivity contribution in [2.45, 2.75) is 25.2 Å². The van der Waals surface area contributed by atoms with E-state index >= 15 is 0 Å². The second-order valence-corrected chi connectivity index (χ2v) is 7.29. The third kappa shape index (κ3) is 2.76. The Morgan fingerprint density at radius 2 is 1.93 bits per heavy atom. The van der Waals surface area contributed by atoms with Crippen LogP contribution in [0.1, 0.15) is 29.3 Å². The summed E-state index contributed by atoms with van der Waals surface area (Å²) in [5, 5.41) is 6.44. The van der Waals surface area contributed by atoms with Crippen molar-refractivity contribution in [3.63, 3.8) is 0 Å². The van der Waals surface area contributed by atoms with Crippen LogP contribution in [0.5, 0.6) is 0 Å². The van der Waals surface area contributed by atoms with Crippen LogP contribution in [0, 0.1) is 17.5 Å². The Morgan fingerprint density at radius 1 is 1.14 bits per heavy atom. The number of aromatic nitrogens is 5. The second kappa shape index (κ2) is 6.33. The van der Waals surface area contributed by atoms with Gasteiger partial charge in [0.2, 0.25) is 0 Å². The van der Waals surface area contributed by atoms with Crippen molar-refractivity contribution < 1.29 is 13.2 Å². The molecule has 0 saturated carbocycles. The van der Waals surface area contributed by atoms with Crippen LogP contribution < -0.4 is 5.69 Å². The average molecular weight is 399 g/mol. The summed E-state index contributed by atoms with van der Waals surface area (Å²) in [6.07, 6.45) is 3.56. The van der Waals surface area contributed by atoms with E-state index in [0.29, 0.717) is 36.8 Å². The molecular formula is C20H16F3N5O. The summed E-state index contributed by atoms with van der Waals surface area (Å²) >= 11 is 0. The van der Waals surface area contributed by atoms with E-state index in [2.05, 4.69) is 15.2 Å². The van der Waals surface area contributed by atoms with Crippen LogP contribution in [0.25, 0.3) is 17.0 Å². The van der Waals surface area contributed by atoms with Crippen molar-refractivity contribution in [1.29, 1.82) is 0 Å². The van der Waals surface area contributed by atoms with Crippen molar-refractivity contribution >= 4 is 5.65 Å². The third-order valence-corrected chi connectivity index (χ3v) is 5.59. The number of hydrogen-bond acceptors (Lipinski definition) is 3. The van der Waals surface area contributed by atoms with Crippen LogP contribution >= 0.6 is 0 Å². The first-order valence-corrected chi connectivity index (χ1v) is 9.18. The number of hydrogen-bond donors (Lipinski definition) is 1. The molecule has 0 bridgehead atoms. The van der Waals surface area contributed by atoms with E-state index in [4.69, 9.17) is 0 Å². The number of benzene rings is 1. The summed E-state index contributed by atoms with van der Waals surface area (Å²) in [4.78, 5) is 16.3. The van der Waals surface area contributed by atoms with E-state index in [-0.39, 0.29) is 17.2 Å².